The molecule has 7 heteroatoms. The summed E-state index contributed by atoms with van der Waals surface area (Å²) in [7, 11) is 0. The van der Waals surface area contributed by atoms with E-state index in [2.05, 4.69) is 20.8 Å². The molecule has 0 radical (unpaired) electrons. The van der Waals surface area contributed by atoms with Crippen molar-refractivity contribution in [2.24, 2.45) is 0 Å². The van der Waals surface area contributed by atoms with E-state index in [4.69, 9.17) is 11.6 Å². The highest BCUT2D eigenvalue weighted by Gasteiger charge is 2.02. The molecule has 100 valence electrons. The van der Waals surface area contributed by atoms with E-state index in [1.54, 1.807) is 12.1 Å². The zero-order chi connectivity index (χ0) is 13.7. The highest BCUT2D eigenvalue weighted by atomic mass is 35.5. The number of hydrogen-bond donors (Lipinski definition) is 4. The Balaban J connectivity index is 1.75. The van der Waals surface area contributed by atoms with Crippen molar-refractivity contribution in [3.8, 4) is 0 Å². The Kier molecular flexibility index (Phi) is 4.25. The van der Waals surface area contributed by atoms with E-state index in [0.29, 0.717) is 17.3 Å². The van der Waals surface area contributed by atoms with Crippen LogP contribution < -0.4 is 16.2 Å². The molecule has 0 aliphatic rings. The lowest BCUT2D eigenvalue weighted by Gasteiger charge is -2.06. The molecule has 2 rings (SSSR count). The van der Waals surface area contributed by atoms with Gasteiger partial charge >= 0.3 is 6.03 Å². The summed E-state index contributed by atoms with van der Waals surface area (Å²) in [6, 6.07) is 8.29. The first kappa shape index (κ1) is 13.2. The van der Waals surface area contributed by atoms with Crippen LogP contribution >= 0.6 is 11.6 Å². The number of aromatic amines is 2. The van der Waals surface area contributed by atoms with Crippen LogP contribution in [0.1, 0.15) is 11.3 Å². The van der Waals surface area contributed by atoms with Crippen molar-refractivity contribution in [1.29, 1.82) is 0 Å². The second kappa shape index (κ2) is 6.10. The molecule has 0 atom stereocenters. The number of hydrogen-bond acceptors (Lipinski definition) is 2. The molecule has 0 unspecified atom stereocenters. The maximum absolute atomic E-state index is 11.5. The molecular formula is C12H13ClN4O2. The highest BCUT2D eigenvalue weighted by Crippen LogP contribution is 2.08. The molecule has 2 aromatic rings. The summed E-state index contributed by atoms with van der Waals surface area (Å²) in [6.07, 6.45) is 0. The molecule has 0 fully saturated rings. The van der Waals surface area contributed by atoms with Crippen LogP contribution in [0.25, 0.3) is 0 Å². The molecule has 0 aliphatic heterocycles. The Morgan fingerprint density at radius 2 is 1.79 bits per heavy atom. The molecule has 19 heavy (non-hydrogen) atoms. The van der Waals surface area contributed by atoms with Crippen molar-refractivity contribution in [3.05, 3.63) is 57.0 Å². The molecule has 0 aliphatic carbocycles. The van der Waals surface area contributed by atoms with Crippen molar-refractivity contribution in [2.45, 2.75) is 13.1 Å². The molecule has 2 amide bonds. The van der Waals surface area contributed by atoms with E-state index in [9.17, 15) is 9.59 Å². The van der Waals surface area contributed by atoms with E-state index in [-0.39, 0.29) is 18.1 Å². The van der Waals surface area contributed by atoms with Crippen molar-refractivity contribution in [1.82, 2.24) is 20.8 Å². The Morgan fingerprint density at radius 3 is 2.42 bits per heavy atom. The van der Waals surface area contributed by atoms with Gasteiger partial charge in [-0.2, -0.15) is 0 Å². The van der Waals surface area contributed by atoms with E-state index in [0.717, 1.165) is 5.56 Å². The molecule has 0 saturated carbocycles. The van der Waals surface area contributed by atoms with Gasteiger partial charge in [0.15, 0.2) is 0 Å². The zero-order valence-electron chi connectivity index (χ0n) is 10.00. The number of carbonyl (C=O) groups is 1. The van der Waals surface area contributed by atoms with Crippen molar-refractivity contribution < 1.29 is 4.79 Å². The Hall–Kier alpha value is -2.21. The Labute approximate surface area is 114 Å². The number of rotatable bonds is 4. The third-order valence-corrected chi connectivity index (χ3v) is 2.71. The van der Waals surface area contributed by atoms with Crippen molar-refractivity contribution >= 4 is 17.6 Å². The van der Waals surface area contributed by atoms with Crippen LogP contribution in [-0.2, 0) is 13.1 Å². The molecule has 4 N–H and O–H groups in total. The second-order valence-corrected chi connectivity index (χ2v) is 4.38. The number of nitrogens with one attached hydrogen (secondary N) is 4. The minimum atomic E-state index is -0.308. The van der Waals surface area contributed by atoms with Crippen molar-refractivity contribution in [3.63, 3.8) is 0 Å². The SMILES string of the molecule is O=C(NCc1ccc(Cl)cc1)NCc1cc(=O)[nH][nH]1. The van der Waals surface area contributed by atoms with Gasteiger partial charge in [-0.1, -0.05) is 23.7 Å². The van der Waals surface area contributed by atoms with Crippen LogP contribution in [0.3, 0.4) is 0 Å². The molecular weight excluding hydrogens is 268 g/mol. The zero-order valence-corrected chi connectivity index (χ0v) is 10.8. The van der Waals surface area contributed by atoms with Crippen LogP contribution in [0.4, 0.5) is 4.79 Å². The maximum atomic E-state index is 11.5. The average molecular weight is 281 g/mol. The van der Waals surface area contributed by atoms with Crippen molar-refractivity contribution in [2.75, 3.05) is 0 Å². The van der Waals surface area contributed by atoms with E-state index in [1.165, 1.54) is 6.07 Å². The van der Waals surface area contributed by atoms with E-state index < -0.39 is 0 Å². The summed E-state index contributed by atoms with van der Waals surface area (Å²) in [4.78, 5) is 22.4. The highest BCUT2D eigenvalue weighted by molar-refractivity contribution is 6.30. The topological polar surface area (TPSA) is 89.8 Å². The van der Waals surface area contributed by atoms with Gasteiger partial charge < -0.3 is 15.7 Å². The second-order valence-electron chi connectivity index (χ2n) is 3.95. The van der Waals surface area contributed by atoms with Gasteiger partial charge in [0.2, 0.25) is 0 Å². The van der Waals surface area contributed by atoms with Gasteiger partial charge in [-0.25, -0.2) is 4.79 Å². The third-order valence-electron chi connectivity index (χ3n) is 2.46. The van der Waals surface area contributed by atoms with Gasteiger partial charge in [0.25, 0.3) is 5.56 Å². The van der Waals surface area contributed by atoms with Crippen LogP contribution in [0, 0.1) is 0 Å². The first-order chi connectivity index (χ1) is 9.13. The molecule has 6 nitrogen and oxygen atoms in total. The minimum absolute atomic E-state index is 0.224. The molecule has 1 aromatic carbocycles. The van der Waals surface area contributed by atoms with E-state index >= 15 is 0 Å². The smallest absolute Gasteiger partial charge is 0.315 e. The number of benzene rings is 1. The van der Waals surface area contributed by atoms with Gasteiger partial charge in [-0.05, 0) is 17.7 Å². The lowest BCUT2D eigenvalue weighted by atomic mass is 10.2. The fourth-order valence-corrected chi connectivity index (χ4v) is 1.62. The molecule has 0 spiro atoms. The monoisotopic (exact) mass is 280 g/mol. The summed E-state index contributed by atoms with van der Waals surface area (Å²) in [5.74, 6) is 0. The number of H-pyrrole nitrogens is 2. The van der Waals surface area contributed by atoms with Crippen LogP contribution in [0.15, 0.2) is 35.1 Å². The largest absolute Gasteiger partial charge is 0.334 e. The molecule has 1 aromatic heterocycles. The summed E-state index contributed by atoms with van der Waals surface area (Å²) in [5, 5.41) is 11.0. The number of urea groups is 1. The third kappa shape index (κ3) is 4.18. The Bertz CT molecular complexity index is 603. The normalized spacial score (nSPS) is 10.2. The van der Waals surface area contributed by atoms with Gasteiger partial charge in [0.05, 0.1) is 12.2 Å². The first-order valence-corrected chi connectivity index (χ1v) is 6.04. The summed E-state index contributed by atoms with van der Waals surface area (Å²) < 4.78 is 0. The lowest BCUT2D eigenvalue weighted by molar-refractivity contribution is 0.240. The molecule has 1 heterocycles. The predicted octanol–water partition coefficient (Wildman–Crippen LogP) is 1.36. The van der Waals surface area contributed by atoms with Crippen LogP contribution in [0.5, 0.6) is 0 Å². The molecule has 0 saturated heterocycles. The standard InChI is InChI=1S/C12H13ClN4O2/c13-9-3-1-8(2-4-9)6-14-12(19)15-7-10-5-11(18)17-16-10/h1-5H,6-7H2,(H2,14,15,19)(H2,16,17,18). The number of carbonyl (C=O) groups excluding carboxylic acids is 1. The number of aromatic nitrogens is 2. The maximum Gasteiger partial charge on any atom is 0.315 e. The van der Waals surface area contributed by atoms with Gasteiger partial charge in [-0.3, -0.25) is 9.89 Å². The first-order valence-electron chi connectivity index (χ1n) is 5.66. The fraction of sp³-hybridized carbons (Fsp3) is 0.167. The summed E-state index contributed by atoms with van der Waals surface area (Å²) in [6.45, 7) is 0.665. The average Bonchev–Trinajstić information content (AvgIpc) is 2.81. The van der Waals surface area contributed by atoms with Crippen LogP contribution in [0.2, 0.25) is 5.02 Å². The fourth-order valence-electron chi connectivity index (χ4n) is 1.49. The predicted molar refractivity (Wildman–Crippen MR) is 71.9 cm³/mol. The number of amides is 2. The van der Waals surface area contributed by atoms with Crippen LogP contribution in [-0.4, -0.2) is 16.2 Å². The Morgan fingerprint density at radius 1 is 1.11 bits per heavy atom. The quantitative estimate of drug-likeness (QED) is 0.681. The lowest BCUT2D eigenvalue weighted by Crippen LogP contribution is -2.34. The molecule has 0 bridgehead atoms. The van der Waals surface area contributed by atoms with Gasteiger partial charge in [0.1, 0.15) is 0 Å². The number of halogens is 1. The van der Waals surface area contributed by atoms with E-state index in [1.807, 2.05) is 12.1 Å². The minimum Gasteiger partial charge on any atom is -0.334 e. The van der Waals surface area contributed by atoms with Gasteiger partial charge in [-0.15, -0.1) is 0 Å². The summed E-state index contributed by atoms with van der Waals surface area (Å²) in [5.41, 5.74) is 1.35. The summed E-state index contributed by atoms with van der Waals surface area (Å²) >= 11 is 5.76. The van der Waals surface area contributed by atoms with Gasteiger partial charge in [0, 0.05) is 17.6 Å².